The average molecular weight is 733 g/mol. The van der Waals surface area contributed by atoms with Gasteiger partial charge in [0, 0.05) is 53.3 Å². The van der Waals surface area contributed by atoms with Crippen LogP contribution in [0.25, 0.3) is 104 Å². The predicted molar refractivity (Wildman–Crippen MR) is 234 cm³/mol. The van der Waals surface area contributed by atoms with Crippen molar-refractivity contribution in [1.29, 1.82) is 0 Å². The van der Waals surface area contributed by atoms with Crippen LogP contribution in [0.5, 0.6) is 0 Å². The minimum absolute atomic E-state index is 0.632. The Bertz CT molecular complexity index is 3170. The highest BCUT2D eigenvalue weighted by Gasteiger charge is 2.21. The van der Waals surface area contributed by atoms with Crippen molar-refractivity contribution >= 4 is 53.3 Å². The van der Waals surface area contributed by atoms with Crippen LogP contribution in [-0.2, 0) is 0 Å². The van der Waals surface area contributed by atoms with E-state index < -0.39 is 0 Å². The summed E-state index contributed by atoms with van der Waals surface area (Å²) in [7, 11) is 0. The van der Waals surface area contributed by atoms with Crippen molar-refractivity contribution < 1.29 is 0 Å². The maximum absolute atomic E-state index is 5.21. The molecule has 0 aliphatic heterocycles. The Kier molecular flexibility index (Phi) is 7.64. The first-order valence-corrected chi connectivity index (χ1v) is 19.6. The number of fused-ring (bicyclic) bond motifs is 7. The van der Waals surface area contributed by atoms with Crippen molar-refractivity contribution in [2.24, 2.45) is 0 Å². The van der Waals surface area contributed by atoms with Crippen LogP contribution in [0.4, 0.5) is 0 Å². The van der Waals surface area contributed by atoms with E-state index in [2.05, 4.69) is 162 Å². The molecule has 11 rings (SSSR count). The van der Waals surface area contributed by atoms with Crippen molar-refractivity contribution in [3.63, 3.8) is 0 Å². The third-order valence-electron chi connectivity index (χ3n) is 10.7. The summed E-state index contributed by atoms with van der Waals surface area (Å²) in [5.74, 6) is 1.91. The van der Waals surface area contributed by atoms with E-state index in [1.165, 1.54) is 42.0 Å². The summed E-state index contributed by atoms with van der Waals surface area (Å²) in [6, 6.07) is 68.5. The van der Waals surface area contributed by atoms with Crippen LogP contribution in [0, 0.1) is 0 Å². The molecule has 0 N–H and O–H groups in total. The van der Waals surface area contributed by atoms with E-state index in [0.717, 1.165) is 44.6 Å². The van der Waals surface area contributed by atoms with Crippen molar-refractivity contribution in [3.8, 4) is 62.1 Å². The summed E-state index contributed by atoms with van der Waals surface area (Å²) in [6.07, 6.45) is 0. The van der Waals surface area contributed by atoms with Gasteiger partial charge in [0.15, 0.2) is 17.5 Å². The second-order valence-electron chi connectivity index (χ2n) is 14.0. The molecule has 0 aliphatic carbocycles. The van der Waals surface area contributed by atoms with Crippen LogP contribution in [-0.4, -0.2) is 19.5 Å². The number of nitrogens with zero attached hydrogens (tertiary/aromatic N) is 4. The first-order chi connectivity index (χ1) is 27.8. The second kappa shape index (κ2) is 13.3. The van der Waals surface area contributed by atoms with Gasteiger partial charge in [-0.15, -0.1) is 11.3 Å². The molecule has 56 heavy (non-hydrogen) atoms. The molecule has 8 aromatic carbocycles. The number of thiophene rings is 1. The normalized spacial score (nSPS) is 11.6. The van der Waals surface area contributed by atoms with Crippen molar-refractivity contribution in [3.05, 3.63) is 194 Å². The molecular weight excluding hydrogens is 701 g/mol. The quantitative estimate of drug-likeness (QED) is 0.171. The van der Waals surface area contributed by atoms with Gasteiger partial charge in [0.1, 0.15) is 0 Å². The molecule has 0 aliphatic rings. The fourth-order valence-corrected chi connectivity index (χ4v) is 9.14. The van der Waals surface area contributed by atoms with Crippen LogP contribution in [0.15, 0.2) is 194 Å². The van der Waals surface area contributed by atoms with Gasteiger partial charge >= 0.3 is 0 Å². The van der Waals surface area contributed by atoms with E-state index in [1.807, 2.05) is 47.7 Å². The minimum atomic E-state index is 0.632. The van der Waals surface area contributed by atoms with E-state index in [-0.39, 0.29) is 0 Å². The zero-order valence-electron chi connectivity index (χ0n) is 30.2. The SMILES string of the molecule is c1ccc(-c2ccc(-c3ccc4sc5ccc6c7ccccc7n(-c7ccccc7)c6c5c4c3)c(-c3nc(-c4ccccc4)nc(-c4ccccc4)n3)c2)cc1. The second-order valence-corrected chi connectivity index (χ2v) is 15.1. The van der Waals surface area contributed by atoms with Crippen molar-refractivity contribution in [2.45, 2.75) is 0 Å². The zero-order valence-corrected chi connectivity index (χ0v) is 31.0. The Hall–Kier alpha value is -7.21. The Morgan fingerprint density at radius 2 is 0.929 bits per heavy atom. The maximum Gasteiger partial charge on any atom is 0.164 e. The highest BCUT2D eigenvalue weighted by Crippen LogP contribution is 2.45. The molecule has 0 spiro atoms. The number of hydrogen-bond acceptors (Lipinski definition) is 4. The van der Waals surface area contributed by atoms with E-state index in [4.69, 9.17) is 15.0 Å². The zero-order chi connectivity index (χ0) is 37.0. The molecule has 0 atom stereocenters. The van der Waals surface area contributed by atoms with Gasteiger partial charge in [-0.1, -0.05) is 152 Å². The number of benzene rings is 8. The van der Waals surface area contributed by atoms with Gasteiger partial charge in [0.25, 0.3) is 0 Å². The lowest BCUT2D eigenvalue weighted by Crippen LogP contribution is -2.01. The molecule has 11 aromatic rings. The summed E-state index contributed by atoms with van der Waals surface area (Å²) in [6.45, 7) is 0. The molecule has 0 radical (unpaired) electrons. The largest absolute Gasteiger partial charge is 0.309 e. The Morgan fingerprint density at radius 3 is 1.62 bits per heavy atom. The summed E-state index contributed by atoms with van der Waals surface area (Å²) >= 11 is 1.85. The van der Waals surface area contributed by atoms with Gasteiger partial charge in [-0.25, -0.2) is 15.0 Å². The molecule has 0 bridgehead atoms. The van der Waals surface area contributed by atoms with Crippen LogP contribution >= 0.6 is 11.3 Å². The van der Waals surface area contributed by atoms with Crippen LogP contribution < -0.4 is 0 Å². The molecule has 3 heterocycles. The van der Waals surface area contributed by atoms with Crippen molar-refractivity contribution in [2.75, 3.05) is 0 Å². The molecule has 0 unspecified atom stereocenters. The Balaban J connectivity index is 1.19. The van der Waals surface area contributed by atoms with E-state index in [9.17, 15) is 0 Å². The fraction of sp³-hybridized carbons (Fsp3) is 0. The maximum atomic E-state index is 5.21. The van der Waals surface area contributed by atoms with Crippen molar-refractivity contribution in [1.82, 2.24) is 19.5 Å². The van der Waals surface area contributed by atoms with Gasteiger partial charge in [0.05, 0.1) is 11.0 Å². The van der Waals surface area contributed by atoms with Gasteiger partial charge < -0.3 is 4.57 Å². The minimum Gasteiger partial charge on any atom is -0.309 e. The van der Waals surface area contributed by atoms with E-state index >= 15 is 0 Å². The summed E-state index contributed by atoms with van der Waals surface area (Å²) in [5, 5.41) is 5.00. The lowest BCUT2D eigenvalue weighted by molar-refractivity contribution is 1.07. The molecule has 5 heteroatoms. The first-order valence-electron chi connectivity index (χ1n) is 18.8. The molecule has 3 aromatic heterocycles. The fourth-order valence-electron chi connectivity index (χ4n) is 8.05. The number of hydrogen-bond donors (Lipinski definition) is 0. The van der Waals surface area contributed by atoms with Crippen LogP contribution in [0.1, 0.15) is 0 Å². The first kappa shape index (κ1) is 32.2. The van der Waals surface area contributed by atoms with Crippen LogP contribution in [0.2, 0.25) is 0 Å². The molecule has 0 amide bonds. The Labute approximate surface area is 327 Å². The monoisotopic (exact) mass is 732 g/mol. The number of rotatable bonds is 6. The third kappa shape index (κ3) is 5.40. The summed E-state index contributed by atoms with van der Waals surface area (Å²) in [5.41, 5.74) is 10.8. The smallest absolute Gasteiger partial charge is 0.164 e. The lowest BCUT2D eigenvalue weighted by atomic mass is 9.93. The number of para-hydroxylation sites is 2. The highest BCUT2D eigenvalue weighted by atomic mass is 32.1. The van der Waals surface area contributed by atoms with Gasteiger partial charge in [-0.2, -0.15) is 0 Å². The molecule has 262 valence electrons. The van der Waals surface area contributed by atoms with E-state index in [0.29, 0.717) is 17.5 Å². The average Bonchev–Trinajstić information content (AvgIpc) is 3.82. The summed E-state index contributed by atoms with van der Waals surface area (Å²) in [4.78, 5) is 15.4. The Morgan fingerprint density at radius 1 is 0.357 bits per heavy atom. The third-order valence-corrected chi connectivity index (χ3v) is 11.8. The molecule has 4 nitrogen and oxygen atoms in total. The molecule has 0 saturated heterocycles. The lowest BCUT2D eigenvalue weighted by Gasteiger charge is -2.14. The van der Waals surface area contributed by atoms with Gasteiger partial charge in [0.2, 0.25) is 0 Å². The number of aromatic nitrogens is 4. The molecular formula is C51H32N4S. The topological polar surface area (TPSA) is 43.6 Å². The molecule has 0 fully saturated rings. The van der Waals surface area contributed by atoms with E-state index in [1.54, 1.807) is 0 Å². The highest BCUT2D eigenvalue weighted by molar-refractivity contribution is 7.26. The van der Waals surface area contributed by atoms with Crippen LogP contribution in [0.3, 0.4) is 0 Å². The standard InChI is InChI=1S/C51H32N4S/c1-5-15-33(16-6-1)36-25-27-39(42(31-36)51-53-49(34-17-7-2-8-18-34)52-50(54-51)35-19-9-3-10-20-35)37-26-29-45-43(32-37)47-46(56-45)30-28-41-40-23-13-14-24-44(40)55(48(41)47)38-21-11-4-12-22-38/h1-32H. The molecule has 0 saturated carbocycles. The summed E-state index contributed by atoms with van der Waals surface area (Å²) < 4.78 is 4.95. The predicted octanol–water partition coefficient (Wildman–Crippen LogP) is 13.7. The van der Waals surface area contributed by atoms with Gasteiger partial charge in [-0.3, -0.25) is 0 Å². The van der Waals surface area contributed by atoms with Gasteiger partial charge in [-0.05, 0) is 64.7 Å².